The predicted molar refractivity (Wildman–Crippen MR) is 80.7 cm³/mol. The highest BCUT2D eigenvalue weighted by Crippen LogP contribution is 2.32. The molecule has 114 valence electrons. The molecule has 1 saturated carbocycles. The molecule has 0 unspecified atom stereocenters. The number of carboxylic acids is 1. The lowest BCUT2D eigenvalue weighted by Crippen LogP contribution is -2.36. The Balaban J connectivity index is 2.01. The third-order valence-electron chi connectivity index (χ3n) is 3.76. The molecule has 21 heavy (non-hydrogen) atoms. The van der Waals surface area contributed by atoms with Crippen molar-refractivity contribution in [2.45, 2.75) is 52.1 Å². The minimum Gasteiger partial charge on any atom is -0.481 e. The average molecular weight is 289 g/mol. The summed E-state index contributed by atoms with van der Waals surface area (Å²) in [5.74, 6) is -0.790. The Hall–Kier alpha value is -1.84. The zero-order chi connectivity index (χ0) is 15.5. The van der Waals surface area contributed by atoms with Crippen LogP contribution in [0.15, 0.2) is 30.3 Å². The van der Waals surface area contributed by atoms with E-state index < -0.39 is 11.4 Å². The molecule has 0 bridgehead atoms. The normalized spacial score (nSPS) is 14.8. The van der Waals surface area contributed by atoms with Gasteiger partial charge in [0.15, 0.2) is 0 Å². The zero-order valence-electron chi connectivity index (χ0n) is 12.7. The quantitative estimate of drug-likeness (QED) is 0.839. The Morgan fingerprint density at radius 1 is 1.19 bits per heavy atom. The van der Waals surface area contributed by atoms with E-state index in [0.717, 1.165) is 18.4 Å². The van der Waals surface area contributed by atoms with E-state index in [1.807, 2.05) is 49.1 Å². The molecule has 0 atom stereocenters. The molecule has 0 spiro atoms. The average Bonchev–Trinajstić information content (AvgIpc) is 3.19. The highest BCUT2D eigenvalue weighted by atomic mass is 16.4. The van der Waals surface area contributed by atoms with Crippen LogP contribution in [0.4, 0.5) is 0 Å². The fourth-order valence-corrected chi connectivity index (χ4v) is 2.57. The summed E-state index contributed by atoms with van der Waals surface area (Å²) < 4.78 is 0. The maximum absolute atomic E-state index is 12.6. The van der Waals surface area contributed by atoms with Crippen molar-refractivity contribution in [3.8, 4) is 0 Å². The van der Waals surface area contributed by atoms with Gasteiger partial charge in [0, 0.05) is 19.0 Å². The summed E-state index contributed by atoms with van der Waals surface area (Å²) in [7, 11) is 0. The summed E-state index contributed by atoms with van der Waals surface area (Å²) >= 11 is 0. The predicted octanol–water partition coefficient (Wildman–Crippen LogP) is 3.07. The highest BCUT2D eigenvalue weighted by molar-refractivity contribution is 5.78. The van der Waals surface area contributed by atoms with E-state index in [-0.39, 0.29) is 18.7 Å². The third kappa shape index (κ3) is 4.88. The first-order chi connectivity index (χ1) is 9.87. The summed E-state index contributed by atoms with van der Waals surface area (Å²) in [6.07, 6.45) is 2.40. The lowest BCUT2D eigenvalue weighted by Gasteiger charge is -2.28. The van der Waals surface area contributed by atoms with Crippen molar-refractivity contribution in [3.05, 3.63) is 35.9 Å². The minimum absolute atomic E-state index is 0.0165. The van der Waals surface area contributed by atoms with Gasteiger partial charge < -0.3 is 10.0 Å². The van der Waals surface area contributed by atoms with E-state index in [0.29, 0.717) is 12.6 Å². The number of amides is 1. The smallest absolute Gasteiger partial charge is 0.303 e. The van der Waals surface area contributed by atoms with Gasteiger partial charge in [0.25, 0.3) is 0 Å². The number of carboxylic acid groups (broad SMARTS) is 1. The van der Waals surface area contributed by atoms with Crippen molar-refractivity contribution in [3.63, 3.8) is 0 Å². The van der Waals surface area contributed by atoms with Gasteiger partial charge in [-0.05, 0) is 23.8 Å². The summed E-state index contributed by atoms with van der Waals surface area (Å²) in [4.78, 5) is 25.4. The molecule has 1 fully saturated rings. The van der Waals surface area contributed by atoms with Crippen molar-refractivity contribution in [1.29, 1.82) is 0 Å². The molecule has 1 aromatic rings. The summed E-state index contributed by atoms with van der Waals surface area (Å²) in [5, 5.41) is 8.93. The van der Waals surface area contributed by atoms with Crippen molar-refractivity contribution in [2.24, 2.45) is 5.41 Å². The minimum atomic E-state index is -0.853. The highest BCUT2D eigenvalue weighted by Gasteiger charge is 2.35. The summed E-state index contributed by atoms with van der Waals surface area (Å²) in [5.41, 5.74) is 0.612. The largest absolute Gasteiger partial charge is 0.481 e. The monoisotopic (exact) mass is 289 g/mol. The second kappa shape index (κ2) is 6.29. The van der Waals surface area contributed by atoms with Gasteiger partial charge in [-0.1, -0.05) is 44.2 Å². The van der Waals surface area contributed by atoms with Crippen LogP contribution in [0.3, 0.4) is 0 Å². The zero-order valence-corrected chi connectivity index (χ0v) is 12.7. The molecule has 1 aliphatic rings. The van der Waals surface area contributed by atoms with Gasteiger partial charge in [0.2, 0.25) is 5.91 Å². The van der Waals surface area contributed by atoms with Gasteiger partial charge in [-0.3, -0.25) is 9.59 Å². The van der Waals surface area contributed by atoms with E-state index in [2.05, 4.69) is 0 Å². The van der Waals surface area contributed by atoms with E-state index in [9.17, 15) is 9.59 Å². The second-order valence-corrected chi connectivity index (χ2v) is 6.65. The van der Waals surface area contributed by atoms with Gasteiger partial charge in [-0.2, -0.15) is 0 Å². The van der Waals surface area contributed by atoms with E-state index in [1.165, 1.54) is 0 Å². The lowest BCUT2D eigenvalue weighted by atomic mass is 9.85. The van der Waals surface area contributed by atoms with Crippen LogP contribution >= 0.6 is 0 Å². The van der Waals surface area contributed by atoms with Gasteiger partial charge in [-0.15, -0.1) is 0 Å². The number of carbonyl (C=O) groups is 2. The molecule has 0 aromatic heterocycles. The topological polar surface area (TPSA) is 57.6 Å². The summed E-state index contributed by atoms with van der Waals surface area (Å²) in [6.45, 7) is 4.30. The first-order valence-corrected chi connectivity index (χ1v) is 7.42. The Morgan fingerprint density at radius 2 is 1.81 bits per heavy atom. The number of rotatable bonds is 7. The lowest BCUT2D eigenvalue weighted by molar-refractivity contribution is -0.141. The molecule has 4 nitrogen and oxygen atoms in total. The molecule has 0 aliphatic heterocycles. The molecule has 1 N–H and O–H groups in total. The molecule has 1 aromatic carbocycles. The van der Waals surface area contributed by atoms with Crippen LogP contribution in [0.2, 0.25) is 0 Å². The fourth-order valence-electron chi connectivity index (χ4n) is 2.57. The van der Waals surface area contributed by atoms with Crippen LogP contribution in [0.5, 0.6) is 0 Å². The molecule has 1 amide bonds. The van der Waals surface area contributed by atoms with Crippen LogP contribution in [0.25, 0.3) is 0 Å². The number of aliphatic carboxylic acids is 1. The second-order valence-electron chi connectivity index (χ2n) is 6.65. The van der Waals surface area contributed by atoms with Gasteiger partial charge >= 0.3 is 5.97 Å². The Kier molecular flexibility index (Phi) is 4.66. The van der Waals surface area contributed by atoms with Gasteiger partial charge in [0.05, 0.1) is 6.42 Å². The summed E-state index contributed by atoms with van der Waals surface area (Å²) in [6, 6.07) is 10.3. The van der Waals surface area contributed by atoms with Crippen LogP contribution in [0, 0.1) is 5.41 Å². The van der Waals surface area contributed by atoms with E-state index in [4.69, 9.17) is 5.11 Å². The fraction of sp³-hybridized carbons (Fsp3) is 0.529. The van der Waals surface area contributed by atoms with Crippen LogP contribution in [0.1, 0.15) is 45.1 Å². The maximum atomic E-state index is 12.6. The molecule has 0 heterocycles. The first kappa shape index (κ1) is 15.5. The Bertz CT molecular complexity index is 506. The van der Waals surface area contributed by atoms with Gasteiger partial charge in [0.1, 0.15) is 0 Å². The van der Waals surface area contributed by atoms with Crippen LogP contribution in [-0.4, -0.2) is 27.9 Å². The van der Waals surface area contributed by atoms with Crippen molar-refractivity contribution in [1.82, 2.24) is 4.90 Å². The molecule has 0 radical (unpaired) electrons. The maximum Gasteiger partial charge on any atom is 0.303 e. The molecule has 1 aliphatic carbocycles. The molecule has 0 saturated heterocycles. The van der Waals surface area contributed by atoms with Crippen molar-refractivity contribution < 1.29 is 14.7 Å². The third-order valence-corrected chi connectivity index (χ3v) is 3.76. The SMILES string of the molecule is CC(C)(CC(=O)O)CC(=O)N(Cc1ccccc1)C1CC1. The van der Waals surface area contributed by atoms with E-state index >= 15 is 0 Å². The first-order valence-electron chi connectivity index (χ1n) is 7.42. The van der Waals surface area contributed by atoms with Gasteiger partial charge in [-0.25, -0.2) is 0 Å². The van der Waals surface area contributed by atoms with Crippen molar-refractivity contribution in [2.75, 3.05) is 0 Å². The van der Waals surface area contributed by atoms with E-state index in [1.54, 1.807) is 0 Å². The molecular formula is C17H23NO3. The molecular weight excluding hydrogens is 266 g/mol. The number of nitrogens with zero attached hydrogens (tertiary/aromatic N) is 1. The molecule has 4 heteroatoms. The number of benzene rings is 1. The van der Waals surface area contributed by atoms with Crippen LogP contribution in [-0.2, 0) is 16.1 Å². The number of hydrogen-bond acceptors (Lipinski definition) is 2. The number of hydrogen-bond donors (Lipinski definition) is 1. The Labute approximate surface area is 125 Å². The molecule has 2 rings (SSSR count). The van der Waals surface area contributed by atoms with Crippen molar-refractivity contribution >= 4 is 11.9 Å². The standard InChI is InChI=1S/C17H23NO3/c1-17(2,11-16(20)21)10-15(19)18(14-8-9-14)12-13-6-4-3-5-7-13/h3-7,14H,8-12H2,1-2H3,(H,20,21). The Morgan fingerprint density at radius 3 is 2.33 bits per heavy atom. The van der Waals surface area contributed by atoms with Crippen LogP contribution < -0.4 is 0 Å². The number of carbonyl (C=O) groups excluding carboxylic acids is 1.